The van der Waals surface area contributed by atoms with Gasteiger partial charge in [0.05, 0.1) is 4.90 Å². The standard InChI is InChI=1S/C20H18ClN3O2S2/c1-14-4-2-3-5-19(14)23-20(27)22-16-10-12-18(13-11-16)28(25,26)24-17-8-6-15(21)7-9-17/h2-13,24H,1H3,(H2,22,23,27). The molecule has 0 radical (unpaired) electrons. The fourth-order valence-corrected chi connectivity index (χ4v) is 3.86. The molecule has 144 valence electrons. The molecule has 0 unspecified atom stereocenters. The van der Waals surface area contributed by atoms with Gasteiger partial charge in [-0.2, -0.15) is 0 Å². The Hall–Kier alpha value is -2.61. The number of halogens is 1. The molecule has 0 aliphatic carbocycles. The zero-order valence-electron chi connectivity index (χ0n) is 14.9. The molecule has 28 heavy (non-hydrogen) atoms. The maximum atomic E-state index is 12.5. The van der Waals surface area contributed by atoms with Crippen molar-refractivity contribution < 1.29 is 8.42 Å². The predicted octanol–water partition coefficient (Wildman–Crippen LogP) is 5.26. The number of thiocarbonyl (C=S) groups is 1. The van der Waals surface area contributed by atoms with Crippen LogP contribution in [0.1, 0.15) is 5.56 Å². The van der Waals surface area contributed by atoms with Crippen molar-refractivity contribution in [2.45, 2.75) is 11.8 Å². The first kappa shape index (κ1) is 20.1. The zero-order valence-corrected chi connectivity index (χ0v) is 17.3. The molecule has 0 heterocycles. The molecule has 0 aliphatic rings. The van der Waals surface area contributed by atoms with Crippen LogP contribution >= 0.6 is 23.8 Å². The monoisotopic (exact) mass is 431 g/mol. The molecule has 3 aromatic rings. The summed E-state index contributed by atoms with van der Waals surface area (Å²) >= 11 is 11.1. The zero-order chi connectivity index (χ0) is 20.1. The maximum absolute atomic E-state index is 12.5. The van der Waals surface area contributed by atoms with Crippen molar-refractivity contribution in [2.75, 3.05) is 15.4 Å². The first-order chi connectivity index (χ1) is 13.3. The van der Waals surface area contributed by atoms with Gasteiger partial charge in [-0.25, -0.2) is 8.42 Å². The summed E-state index contributed by atoms with van der Waals surface area (Å²) in [4.78, 5) is 0.144. The van der Waals surface area contributed by atoms with E-state index in [1.807, 2.05) is 31.2 Å². The SMILES string of the molecule is Cc1ccccc1NC(=S)Nc1ccc(S(=O)(=O)Nc2ccc(Cl)cc2)cc1. The van der Waals surface area contributed by atoms with Gasteiger partial charge in [0, 0.05) is 22.1 Å². The molecule has 0 aliphatic heterocycles. The molecule has 0 bridgehead atoms. The molecule has 0 atom stereocenters. The Bertz CT molecular complexity index is 1080. The fourth-order valence-electron chi connectivity index (χ4n) is 2.45. The van der Waals surface area contributed by atoms with Crippen LogP contribution < -0.4 is 15.4 Å². The van der Waals surface area contributed by atoms with Crippen LogP contribution in [-0.2, 0) is 10.0 Å². The van der Waals surface area contributed by atoms with Gasteiger partial charge in [-0.3, -0.25) is 4.72 Å². The Kier molecular flexibility index (Phi) is 6.18. The van der Waals surface area contributed by atoms with Crippen LogP contribution in [0, 0.1) is 6.92 Å². The predicted molar refractivity (Wildman–Crippen MR) is 120 cm³/mol. The Morgan fingerprint density at radius 3 is 2.11 bits per heavy atom. The Labute approximate surface area is 174 Å². The van der Waals surface area contributed by atoms with Gasteiger partial charge in [0.2, 0.25) is 0 Å². The highest BCUT2D eigenvalue weighted by molar-refractivity contribution is 7.92. The van der Waals surface area contributed by atoms with Gasteiger partial charge in [-0.15, -0.1) is 0 Å². The summed E-state index contributed by atoms with van der Waals surface area (Å²) < 4.78 is 27.5. The van der Waals surface area contributed by atoms with Crippen molar-refractivity contribution in [3.05, 3.63) is 83.4 Å². The van der Waals surface area contributed by atoms with Gasteiger partial charge in [0.25, 0.3) is 10.0 Å². The molecule has 3 N–H and O–H groups in total. The van der Waals surface area contributed by atoms with Crippen LogP contribution in [0.4, 0.5) is 17.1 Å². The first-order valence-corrected chi connectivity index (χ1v) is 10.6. The van der Waals surface area contributed by atoms with Gasteiger partial charge >= 0.3 is 0 Å². The van der Waals surface area contributed by atoms with E-state index in [1.54, 1.807) is 36.4 Å². The topological polar surface area (TPSA) is 70.2 Å². The summed E-state index contributed by atoms with van der Waals surface area (Å²) in [5.74, 6) is 0. The lowest BCUT2D eigenvalue weighted by molar-refractivity contribution is 0.601. The van der Waals surface area contributed by atoms with Crippen molar-refractivity contribution in [3.8, 4) is 0 Å². The van der Waals surface area contributed by atoms with Gasteiger partial charge in [-0.1, -0.05) is 29.8 Å². The number of aryl methyl sites for hydroxylation is 1. The maximum Gasteiger partial charge on any atom is 0.261 e. The van der Waals surface area contributed by atoms with Gasteiger partial charge < -0.3 is 10.6 Å². The highest BCUT2D eigenvalue weighted by atomic mass is 35.5. The number of benzene rings is 3. The van der Waals surface area contributed by atoms with E-state index in [2.05, 4.69) is 15.4 Å². The van der Waals surface area contributed by atoms with E-state index < -0.39 is 10.0 Å². The third kappa shape index (κ3) is 5.22. The summed E-state index contributed by atoms with van der Waals surface area (Å²) in [6.07, 6.45) is 0. The number of hydrogen-bond donors (Lipinski definition) is 3. The van der Waals surface area contributed by atoms with E-state index in [9.17, 15) is 8.42 Å². The number of hydrogen-bond acceptors (Lipinski definition) is 3. The quantitative estimate of drug-likeness (QED) is 0.481. The highest BCUT2D eigenvalue weighted by Gasteiger charge is 2.14. The minimum absolute atomic E-state index is 0.144. The summed E-state index contributed by atoms with van der Waals surface area (Å²) in [5, 5.41) is 7.12. The van der Waals surface area contributed by atoms with Crippen LogP contribution in [-0.4, -0.2) is 13.5 Å². The molecule has 0 saturated carbocycles. The molecule has 0 spiro atoms. The van der Waals surface area contributed by atoms with Crippen molar-refractivity contribution in [3.63, 3.8) is 0 Å². The first-order valence-electron chi connectivity index (χ1n) is 8.35. The molecule has 0 amide bonds. The van der Waals surface area contributed by atoms with Crippen LogP contribution in [0.25, 0.3) is 0 Å². The number of para-hydroxylation sites is 1. The molecule has 3 aromatic carbocycles. The average Bonchev–Trinajstić information content (AvgIpc) is 2.66. The van der Waals surface area contributed by atoms with Crippen molar-refractivity contribution >= 4 is 56.0 Å². The van der Waals surface area contributed by atoms with E-state index in [0.29, 0.717) is 21.5 Å². The third-order valence-corrected chi connectivity index (χ3v) is 5.77. The fraction of sp³-hybridized carbons (Fsp3) is 0.0500. The molecule has 5 nitrogen and oxygen atoms in total. The molecular weight excluding hydrogens is 414 g/mol. The number of rotatable bonds is 5. The Balaban J connectivity index is 1.66. The second-order valence-electron chi connectivity index (χ2n) is 6.03. The van der Waals surface area contributed by atoms with Crippen LogP contribution in [0.3, 0.4) is 0 Å². The third-order valence-electron chi connectivity index (χ3n) is 3.91. The average molecular weight is 432 g/mol. The number of sulfonamides is 1. The molecule has 8 heteroatoms. The number of anilines is 3. The Morgan fingerprint density at radius 2 is 1.46 bits per heavy atom. The lowest BCUT2D eigenvalue weighted by atomic mass is 10.2. The second kappa shape index (κ2) is 8.60. The normalized spacial score (nSPS) is 10.9. The second-order valence-corrected chi connectivity index (χ2v) is 8.56. The molecule has 0 saturated heterocycles. The minimum atomic E-state index is -3.69. The van der Waals surface area contributed by atoms with E-state index >= 15 is 0 Å². The van der Waals surface area contributed by atoms with Crippen molar-refractivity contribution in [1.82, 2.24) is 0 Å². The van der Waals surface area contributed by atoms with Crippen LogP contribution in [0.2, 0.25) is 5.02 Å². The van der Waals surface area contributed by atoms with E-state index in [1.165, 1.54) is 12.1 Å². The molecular formula is C20H18ClN3O2S2. The largest absolute Gasteiger partial charge is 0.332 e. The van der Waals surface area contributed by atoms with Crippen molar-refractivity contribution in [2.24, 2.45) is 0 Å². The molecule has 3 rings (SSSR count). The summed E-state index contributed by atoms with van der Waals surface area (Å²) in [5.41, 5.74) is 3.10. The summed E-state index contributed by atoms with van der Waals surface area (Å²) in [7, 11) is -3.69. The number of nitrogens with one attached hydrogen (secondary N) is 3. The summed E-state index contributed by atoms with van der Waals surface area (Å²) in [6, 6.07) is 20.6. The summed E-state index contributed by atoms with van der Waals surface area (Å²) in [6.45, 7) is 1.98. The highest BCUT2D eigenvalue weighted by Crippen LogP contribution is 2.20. The van der Waals surface area contributed by atoms with E-state index in [-0.39, 0.29) is 4.90 Å². The van der Waals surface area contributed by atoms with Gasteiger partial charge in [-0.05, 0) is 79.3 Å². The lowest BCUT2D eigenvalue weighted by Crippen LogP contribution is -2.19. The van der Waals surface area contributed by atoms with Gasteiger partial charge in [0.15, 0.2) is 5.11 Å². The van der Waals surface area contributed by atoms with E-state index in [4.69, 9.17) is 23.8 Å². The molecule has 0 fully saturated rings. The van der Waals surface area contributed by atoms with E-state index in [0.717, 1.165) is 11.3 Å². The van der Waals surface area contributed by atoms with Crippen LogP contribution in [0.15, 0.2) is 77.7 Å². The Morgan fingerprint density at radius 1 is 0.857 bits per heavy atom. The lowest BCUT2D eigenvalue weighted by Gasteiger charge is -2.13. The smallest absolute Gasteiger partial charge is 0.261 e. The minimum Gasteiger partial charge on any atom is -0.332 e. The van der Waals surface area contributed by atoms with Crippen molar-refractivity contribution in [1.29, 1.82) is 0 Å². The van der Waals surface area contributed by atoms with Gasteiger partial charge in [0.1, 0.15) is 0 Å². The molecule has 0 aromatic heterocycles. The van der Waals surface area contributed by atoms with Crippen LogP contribution in [0.5, 0.6) is 0 Å².